The minimum atomic E-state index is -1.24. The fourth-order valence-corrected chi connectivity index (χ4v) is 2.17. The molecule has 0 spiro atoms. The molecule has 1 saturated heterocycles. The zero-order valence-electron chi connectivity index (χ0n) is 10.1. The van der Waals surface area contributed by atoms with Crippen LogP contribution >= 0.6 is 12.2 Å². The van der Waals surface area contributed by atoms with Crippen LogP contribution < -0.4 is 10.5 Å². The number of hydrogen-bond donors (Lipinski definition) is 4. The Morgan fingerprint density at radius 1 is 1.53 bits per heavy atom. The number of aliphatic hydroxyl groups is 3. The first-order valence-corrected chi connectivity index (χ1v) is 5.95. The molecule has 106 valence electrons. The third-order valence-corrected chi connectivity index (χ3v) is 3.26. The van der Waals surface area contributed by atoms with E-state index in [2.05, 4.69) is 4.98 Å². The van der Waals surface area contributed by atoms with Gasteiger partial charge in [0.15, 0.2) is 17.8 Å². The smallest absolute Gasteiger partial charge is 0.203 e. The second-order valence-corrected chi connectivity index (χ2v) is 4.48. The molecule has 0 saturated carbocycles. The number of anilines is 1. The number of rotatable bonds is 3. The van der Waals surface area contributed by atoms with Gasteiger partial charge in [0.1, 0.15) is 18.3 Å². The number of nitrogen functional groups attached to an aromatic ring is 1. The number of hydrogen-bond acceptors (Lipinski definition) is 8. The van der Waals surface area contributed by atoms with Crippen LogP contribution in [0.4, 0.5) is 5.82 Å². The van der Waals surface area contributed by atoms with Crippen LogP contribution in [0.5, 0.6) is 5.75 Å². The number of ether oxygens (including phenoxy) is 2. The van der Waals surface area contributed by atoms with E-state index in [1.807, 2.05) is 0 Å². The molecule has 19 heavy (non-hydrogen) atoms. The van der Waals surface area contributed by atoms with Crippen molar-refractivity contribution in [2.75, 3.05) is 19.5 Å². The molecular weight excluding hydrogens is 274 g/mol. The van der Waals surface area contributed by atoms with E-state index in [-0.39, 0.29) is 16.3 Å². The van der Waals surface area contributed by atoms with E-state index in [1.165, 1.54) is 17.9 Å². The molecule has 0 bridgehead atoms. The van der Waals surface area contributed by atoms with Crippen LogP contribution in [0.2, 0.25) is 0 Å². The van der Waals surface area contributed by atoms with Gasteiger partial charge in [0.2, 0.25) is 4.77 Å². The van der Waals surface area contributed by atoms with Gasteiger partial charge in [-0.15, -0.1) is 0 Å². The molecule has 2 rings (SSSR count). The van der Waals surface area contributed by atoms with E-state index in [4.69, 9.17) is 32.5 Å². The Labute approximate surface area is 114 Å². The lowest BCUT2D eigenvalue weighted by molar-refractivity contribution is -0.0542. The number of nitrogens with zero attached hydrogens (tertiary/aromatic N) is 2. The van der Waals surface area contributed by atoms with Crippen LogP contribution in [0, 0.1) is 4.77 Å². The van der Waals surface area contributed by atoms with Gasteiger partial charge in [-0.05, 0) is 12.2 Å². The molecule has 0 radical (unpaired) electrons. The third kappa shape index (κ3) is 2.42. The summed E-state index contributed by atoms with van der Waals surface area (Å²) in [6.07, 6.45) is -2.85. The Morgan fingerprint density at radius 2 is 2.21 bits per heavy atom. The molecule has 0 amide bonds. The summed E-state index contributed by atoms with van der Waals surface area (Å²) < 4.78 is 11.8. The number of aliphatic hydroxyl groups excluding tert-OH is 3. The zero-order valence-corrected chi connectivity index (χ0v) is 10.9. The van der Waals surface area contributed by atoms with Gasteiger partial charge in [-0.3, -0.25) is 4.57 Å². The zero-order chi connectivity index (χ0) is 14.2. The second-order valence-electron chi connectivity index (χ2n) is 4.11. The van der Waals surface area contributed by atoms with Crippen molar-refractivity contribution in [2.24, 2.45) is 0 Å². The van der Waals surface area contributed by atoms with Crippen LogP contribution in [0.1, 0.15) is 6.23 Å². The Balaban J connectivity index is 2.40. The predicted octanol–water partition coefficient (Wildman–Crippen LogP) is -1.19. The fraction of sp³-hybridized carbons (Fsp3) is 0.600. The molecule has 9 heteroatoms. The maximum Gasteiger partial charge on any atom is 0.203 e. The van der Waals surface area contributed by atoms with Gasteiger partial charge in [0.05, 0.1) is 19.9 Å². The highest BCUT2D eigenvalue weighted by Crippen LogP contribution is 2.31. The minimum Gasteiger partial charge on any atom is -0.491 e. The Bertz CT molecular complexity index is 522. The first-order valence-electron chi connectivity index (χ1n) is 5.54. The molecule has 5 N–H and O–H groups in total. The van der Waals surface area contributed by atoms with Gasteiger partial charge in [-0.1, -0.05) is 0 Å². The van der Waals surface area contributed by atoms with Crippen LogP contribution in [-0.4, -0.2) is 56.9 Å². The van der Waals surface area contributed by atoms with E-state index in [1.54, 1.807) is 0 Å². The van der Waals surface area contributed by atoms with Crippen LogP contribution in [0.25, 0.3) is 0 Å². The van der Waals surface area contributed by atoms with Crippen molar-refractivity contribution in [3.8, 4) is 5.75 Å². The molecule has 1 fully saturated rings. The summed E-state index contributed by atoms with van der Waals surface area (Å²) in [6, 6.07) is 0. The molecule has 1 aromatic heterocycles. The maximum absolute atomic E-state index is 9.92. The summed E-state index contributed by atoms with van der Waals surface area (Å²) in [5.74, 6) is 0.391. The summed E-state index contributed by atoms with van der Waals surface area (Å²) in [6.45, 7) is -0.415. The Hall–Kier alpha value is -1.26. The third-order valence-electron chi connectivity index (χ3n) is 2.96. The lowest BCUT2D eigenvalue weighted by Crippen LogP contribution is -2.33. The van der Waals surface area contributed by atoms with Crippen LogP contribution in [0.15, 0.2) is 6.20 Å². The van der Waals surface area contributed by atoms with Gasteiger partial charge in [0.25, 0.3) is 0 Å². The monoisotopic (exact) mass is 289 g/mol. The van der Waals surface area contributed by atoms with Crippen LogP contribution in [-0.2, 0) is 4.74 Å². The van der Waals surface area contributed by atoms with E-state index < -0.39 is 31.1 Å². The number of methoxy groups -OCH3 is 1. The highest BCUT2D eigenvalue weighted by molar-refractivity contribution is 7.71. The summed E-state index contributed by atoms with van der Waals surface area (Å²) in [7, 11) is 1.41. The van der Waals surface area contributed by atoms with Crippen molar-refractivity contribution >= 4 is 18.0 Å². The van der Waals surface area contributed by atoms with Crippen LogP contribution in [0.3, 0.4) is 0 Å². The van der Waals surface area contributed by atoms with Crippen molar-refractivity contribution in [2.45, 2.75) is 24.5 Å². The van der Waals surface area contributed by atoms with Gasteiger partial charge >= 0.3 is 0 Å². The molecule has 0 aliphatic carbocycles. The van der Waals surface area contributed by atoms with Crippen molar-refractivity contribution in [1.29, 1.82) is 0 Å². The highest BCUT2D eigenvalue weighted by Gasteiger charge is 2.43. The topological polar surface area (TPSA) is 123 Å². The van der Waals surface area contributed by atoms with Crippen molar-refractivity contribution in [1.82, 2.24) is 9.55 Å². The first kappa shape index (κ1) is 14.2. The average Bonchev–Trinajstić information content (AvgIpc) is 2.67. The lowest BCUT2D eigenvalue weighted by Gasteiger charge is -2.19. The van der Waals surface area contributed by atoms with E-state index in [0.717, 1.165) is 0 Å². The molecule has 8 nitrogen and oxygen atoms in total. The number of aromatic nitrogens is 2. The minimum absolute atomic E-state index is 0.0770. The molecule has 2 heterocycles. The summed E-state index contributed by atoms with van der Waals surface area (Å²) in [5, 5.41) is 28.7. The normalized spacial score (nSPS) is 30.5. The molecular formula is C10H15N3O5S. The molecule has 1 aromatic rings. The SMILES string of the molecule is COc1cn([C@@H]2O[C@H](CO)[C@@H](O)[C@H]2O)c(=S)nc1N. The number of nitrogens with two attached hydrogens (primary N) is 1. The average molecular weight is 289 g/mol. The quantitative estimate of drug-likeness (QED) is 0.513. The molecule has 0 unspecified atom stereocenters. The van der Waals surface area contributed by atoms with Gasteiger partial charge in [-0.2, -0.15) is 4.98 Å². The fourth-order valence-electron chi connectivity index (χ4n) is 1.91. The van der Waals surface area contributed by atoms with Gasteiger partial charge in [0, 0.05) is 0 Å². The molecule has 1 aliphatic rings. The van der Waals surface area contributed by atoms with Crippen molar-refractivity contribution in [3.63, 3.8) is 0 Å². The van der Waals surface area contributed by atoms with E-state index in [0.29, 0.717) is 0 Å². The summed E-state index contributed by atoms with van der Waals surface area (Å²) in [4.78, 5) is 3.89. The highest BCUT2D eigenvalue weighted by atomic mass is 32.1. The summed E-state index contributed by atoms with van der Waals surface area (Å²) >= 11 is 5.03. The largest absolute Gasteiger partial charge is 0.491 e. The Kier molecular flexibility index (Phi) is 4.02. The van der Waals surface area contributed by atoms with Gasteiger partial charge < -0.3 is 30.5 Å². The maximum atomic E-state index is 9.92. The summed E-state index contributed by atoms with van der Waals surface area (Å²) in [5.41, 5.74) is 5.61. The molecule has 1 aliphatic heterocycles. The lowest BCUT2D eigenvalue weighted by atomic mass is 10.1. The van der Waals surface area contributed by atoms with Crippen molar-refractivity contribution in [3.05, 3.63) is 11.0 Å². The standard InChI is InChI=1S/C10H15N3O5S/c1-17-4-2-13(10(19)12-8(4)11)9-7(16)6(15)5(3-14)18-9/h2,5-7,9,14-16H,3H2,1H3,(H2,11,12,19)/t5-,6-,7-,9-/m1/s1. The molecule has 4 atom stereocenters. The van der Waals surface area contributed by atoms with E-state index in [9.17, 15) is 10.2 Å². The first-order chi connectivity index (χ1) is 8.99. The van der Waals surface area contributed by atoms with E-state index >= 15 is 0 Å². The predicted molar refractivity (Wildman–Crippen MR) is 67.0 cm³/mol. The van der Waals surface area contributed by atoms with Gasteiger partial charge in [-0.25, -0.2) is 0 Å². The van der Waals surface area contributed by atoms with Crippen molar-refractivity contribution < 1.29 is 24.8 Å². The Morgan fingerprint density at radius 3 is 2.74 bits per heavy atom. The second kappa shape index (κ2) is 5.39. The molecule has 0 aromatic carbocycles.